The third-order valence-corrected chi connectivity index (χ3v) is 3.43. The highest BCUT2D eigenvalue weighted by atomic mass is 79.9. The first kappa shape index (κ1) is 11.1. The Bertz CT molecular complexity index is 690. The summed E-state index contributed by atoms with van der Waals surface area (Å²) >= 11 is 8.70. The first-order valence-electron chi connectivity index (χ1n) is 4.15. The minimum absolute atomic E-state index is 0.0280. The van der Waals surface area contributed by atoms with E-state index in [1.165, 1.54) is 12.3 Å². The van der Waals surface area contributed by atoms with Crippen molar-refractivity contribution in [2.45, 2.75) is 0 Å². The van der Waals surface area contributed by atoms with Crippen LogP contribution in [0.25, 0.3) is 10.9 Å². The highest BCUT2D eigenvalue weighted by Crippen LogP contribution is 2.29. The number of nitrogens with one attached hydrogen (secondary N) is 1. The van der Waals surface area contributed by atoms with Crippen LogP contribution in [0.2, 0.25) is 5.02 Å². The van der Waals surface area contributed by atoms with E-state index in [0.717, 1.165) is 0 Å². The average molecular weight is 302 g/mol. The van der Waals surface area contributed by atoms with Gasteiger partial charge in [0.05, 0.1) is 20.4 Å². The number of rotatable bonds is 0. The molecule has 0 spiro atoms. The Morgan fingerprint density at radius 2 is 2.25 bits per heavy atom. The van der Waals surface area contributed by atoms with Crippen molar-refractivity contribution in [2.24, 2.45) is 0 Å². The van der Waals surface area contributed by atoms with Crippen molar-refractivity contribution in [2.75, 3.05) is 0 Å². The van der Waals surface area contributed by atoms with Crippen LogP contribution in [0.5, 0.6) is 0 Å². The highest BCUT2D eigenvalue weighted by molar-refractivity contribution is 9.10. The number of hydrogen-bond donors (Lipinski definition) is 1. The molecule has 16 heavy (non-hydrogen) atoms. The summed E-state index contributed by atoms with van der Waals surface area (Å²) in [6, 6.07) is 3.04. The second-order valence-corrected chi connectivity index (χ2v) is 4.25. The summed E-state index contributed by atoms with van der Waals surface area (Å²) in [4.78, 5) is 14.3. The minimum atomic E-state index is -0.649. The Balaban J connectivity index is 3.04. The number of aromatic nitrogens is 1. The van der Waals surface area contributed by atoms with Gasteiger partial charge in [0.2, 0.25) is 5.43 Å². The number of aromatic amines is 1. The Morgan fingerprint density at radius 1 is 1.56 bits per heavy atom. The van der Waals surface area contributed by atoms with Crippen LogP contribution in [0.3, 0.4) is 0 Å². The second kappa shape index (κ2) is 3.89. The molecule has 0 radical (unpaired) electrons. The Morgan fingerprint density at radius 3 is 2.88 bits per heavy atom. The van der Waals surface area contributed by atoms with E-state index in [4.69, 9.17) is 16.9 Å². The van der Waals surface area contributed by atoms with Gasteiger partial charge in [0, 0.05) is 6.20 Å². The van der Waals surface area contributed by atoms with Gasteiger partial charge in [0.25, 0.3) is 0 Å². The molecule has 0 atom stereocenters. The van der Waals surface area contributed by atoms with Gasteiger partial charge in [0.15, 0.2) is 5.82 Å². The summed E-state index contributed by atoms with van der Waals surface area (Å²) < 4.78 is 13.8. The molecule has 2 rings (SSSR count). The van der Waals surface area contributed by atoms with Crippen molar-refractivity contribution in [3.8, 4) is 6.07 Å². The number of fused-ring (bicyclic) bond motifs is 1. The van der Waals surface area contributed by atoms with Gasteiger partial charge in [-0.1, -0.05) is 11.6 Å². The highest BCUT2D eigenvalue weighted by Gasteiger charge is 2.14. The molecule has 0 saturated heterocycles. The molecule has 0 aliphatic rings. The van der Waals surface area contributed by atoms with Gasteiger partial charge in [-0.3, -0.25) is 4.79 Å². The van der Waals surface area contributed by atoms with E-state index >= 15 is 0 Å². The van der Waals surface area contributed by atoms with Crippen LogP contribution in [0, 0.1) is 17.1 Å². The molecule has 0 aliphatic carbocycles. The SMILES string of the molecule is N#Cc1c[nH]c2c(F)c(Br)c(Cl)cc2c1=O. The van der Waals surface area contributed by atoms with E-state index in [-0.39, 0.29) is 26.0 Å². The van der Waals surface area contributed by atoms with Gasteiger partial charge in [-0.25, -0.2) is 4.39 Å². The Hall–Kier alpha value is -1.38. The van der Waals surface area contributed by atoms with Crippen LogP contribution in [0.1, 0.15) is 5.56 Å². The molecule has 3 nitrogen and oxygen atoms in total. The fourth-order valence-electron chi connectivity index (χ4n) is 1.35. The Labute approximate surface area is 103 Å². The summed E-state index contributed by atoms with van der Waals surface area (Å²) in [6.45, 7) is 0. The van der Waals surface area contributed by atoms with E-state index in [9.17, 15) is 9.18 Å². The van der Waals surface area contributed by atoms with E-state index in [1.54, 1.807) is 6.07 Å². The number of nitrogens with zero attached hydrogens (tertiary/aromatic N) is 1. The molecule has 1 heterocycles. The van der Waals surface area contributed by atoms with E-state index in [2.05, 4.69) is 20.9 Å². The van der Waals surface area contributed by atoms with Crippen molar-refractivity contribution in [3.05, 3.63) is 43.4 Å². The largest absolute Gasteiger partial charge is 0.357 e. The molecule has 1 aromatic heterocycles. The topological polar surface area (TPSA) is 56.6 Å². The fraction of sp³-hybridized carbons (Fsp3) is 0. The molecule has 0 bridgehead atoms. The van der Waals surface area contributed by atoms with Crippen LogP contribution >= 0.6 is 27.5 Å². The number of halogens is 3. The van der Waals surface area contributed by atoms with Crippen LogP contribution in [-0.4, -0.2) is 4.98 Å². The van der Waals surface area contributed by atoms with Crippen LogP contribution in [-0.2, 0) is 0 Å². The third kappa shape index (κ3) is 1.51. The summed E-state index contributed by atoms with van der Waals surface area (Å²) in [7, 11) is 0. The molecule has 1 aromatic carbocycles. The van der Waals surface area contributed by atoms with Gasteiger partial charge >= 0.3 is 0 Å². The second-order valence-electron chi connectivity index (χ2n) is 3.05. The average Bonchev–Trinajstić information content (AvgIpc) is 2.28. The van der Waals surface area contributed by atoms with Crippen LogP contribution in [0.4, 0.5) is 4.39 Å². The number of hydrogen-bond acceptors (Lipinski definition) is 2. The smallest absolute Gasteiger partial charge is 0.207 e. The zero-order chi connectivity index (χ0) is 11.9. The molecule has 1 N–H and O–H groups in total. The maximum absolute atomic E-state index is 13.7. The lowest BCUT2D eigenvalue weighted by molar-refractivity contribution is 0.630. The van der Waals surface area contributed by atoms with Gasteiger partial charge in [-0.2, -0.15) is 5.26 Å². The predicted octanol–water partition coefficient (Wildman–Crippen LogP) is 2.95. The first-order chi connectivity index (χ1) is 7.56. The zero-order valence-corrected chi connectivity index (χ0v) is 9.99. The van der Waals surface area contributed by atoms with Crippen LogP contribution < -0.4 is 5.43 Å². The minimum Gasteiger partial charge on any atom is -0.357 e. The maximum atomic E-state index is 13.7. The third-order valence-electron chi connectivity index (χ3n) is 2.13. The van der Waals surface area contributed by atoms with Crippen molar-refractivity contribution >= 4 is 38.4 Å². The number of benzene rings is 1. The lowest BCUT2D eigenvalue weighted by atomic mass is 10.1. The summed E-state index contributed by atoms with van der Waals surface area (Å²) in [5, 5.41) is 8.81. The predicted molar refractivity (Wildman–Crippen MR) is 62.0 cm³/mol. The first-order valence-corrected chi connectivity index (χ1v) is 5.32. The molecule has 6 heteroatoms. The summed E-state index contributed by atoms with van der Waals surface area (Å²) in [5.74, 6) is -0.649. The van der Waals surface area contributed by atoms with Crippen molar-refractivity contribution in [1.82, 2.24) is 4.98 Å². The lowest BCUT2D eigenvalue weighted by Gasteiger charge is -2.03. The molecule has 80 valence electrons. The normalized spacial score (nSPS) is 10.4. The maximum Gasteiger partial charge on any atom is 0.207 e. The number of nitriles is 1. The van der Waals surface area contributed by atoms with E-state index in [1.807, 2.05) is 0 Å². The van der Waals surface area contributed by atoms with Crippen LogP contribution in [0.15, 0.2) is 21.5 Å². The van der Waals surface area contributed by atoms with Gasteiger partial charge in [0.1, 0.15) is 11.6 Å². The van der Waals surface area contributed by atoms with Crippen molar-refractivity contribution in [3.63, 3.8) is 0 Å². The van der Waals surface area contributed by atoms with Crippen molar-refractivity contribution in [1.29, 1.82) is 5.26 Å². The van der Waals surface area contributed by atoms with Gasteiger partial charge in [-0.15, -0.1) is 0 Å². The lowest BCUT2D eigenvalue weighted by Crippen LogP contribution is -2.08. The fourth-order valence-corrected chi connectivity index (χ4v) is 1.86. The van der Waals surface area contributed by atoms with Gasteiger partial charge < -0.3 is 4.98 Å². The standard InChI is InChI=1S/C10H3BrClFN2O/c11-7-6(12)1-5-9(8(7)13)15-3-4(2-14)10(5)16/h1,3H,(H,15,16). The molecular weight excluding hydrogens is 298 g/mol. The Kier molecular flexibility index (Phi) is 2.70. The van der Waals surface area contributed by atoms with E-state index < -0.39 is 11.2 Å². The van der Waals surface area contributed by atoms with E-state index in [0.29, 0.717) is 0 Å². The molecule has 0 aliphatic heterocycles. The molecule has 2 aromatic rings. The summed E-state index contributed by atoms with van der Waals surface area (Å²) in [5.41, 5.74) is -0.588. The van der Waals surface area contributed by atoms with Crippen molar-refractivity contribution < 1.29 is 4.39 Å². The summed E-state index contributed by atoms with van der Waals surface area (Å²) in [6.07, 6.45) is 1.17. The molecule has 0 fully saturated rings. The quantitative estimate of drug-likeness (QED) is 0.761. The molecule has 0 unspecified atom stereocenters. The molecule has 0 amide bonds. The molecule has 0 saturated carbocycles. The number of pyridine rings is 1. The number of H-pyrrole nitrogens is 1. The zero-order valence-electron chi connectivity index (χ0n) is 7.64. The molecular formula is C10H3BrClFN2O. The monoisotopic (exact) mass is 300 g/mol. The van der Waals surface area contributed by atoms with Gasteiger partial charge in [-0.05, 0) is 22.0 Å².